The Hall–Kier alpha value is -1.89. The molecule has 0 aromatic heterocycles. The number of aliphatic carboxylic acids is 1. The molecule has 0 spiro atoms. The van der Waals surface area contributed by atoms with Crippen molar-refractivity contribution in [3.8, 4) is 0 Å². The molecule has 1 atom stereocenters. The fourth-order valence-corrected chi connectivity index (χ4v) is 3.91. The number of carbonyl (C=O) groups is 1. The van der Waals surface area contributed by atoms with Crippen LogP contribution >= 0.6 is 11.6 Å². The number of carboxylic acids is 1. The standard InChI is InChI=1S/C17H18ClNO4S/c1-12-13(7-6-10-15(12)18)11-16(17(20)21)19(2)24(22,23)14-8-4-3-5-9-14/h3-10,16H,11H2,1-2H3,(H,20,21)/t16-/m0/s1. The molecule has 0 bridgehead atoms. The molecule has 0 radical (unpaired) electrons. The van der Waals surface area contributed by atoms with Crippen LogP contribution < -0.4 is 0 Å². The zero-order valence-corrected chi connectivity index (χ0v) is 14.9. The van der Waals surface area contributed by atoms with E-state index < -0.39 is 22.0 Å². The van der Waals surface area contributed by atoms with Gasteiger partial charge in [-0.3, -0.25) is 4.79 Å². The summed E-state index contributed by atoms with van der Waals surface area (Å²) in [5, 5.41) is 10.1. The lowest BCUT2D eigenvalue weighted by molar-refractivity contribution is -0.141. The predicted molar refractivity (Wildman–Crippen MR) is 92.7 cm³/mol. The number of rotatable bonds is 6. The van der Waals surface area contributed by atoms with Gasteiger partial charge in [-0.05, 0) is 36.2 Å². The molecular formula is C17H18ClNO4S. The van der Waals surface area contributed by atoms with Crippen LogP contribution in [0.4, 0.5) is 0 Å². The molecule has 0 heterocycles. The molecule has 24 heavy (non-hydrogen) atoms. The number of benzene rings is 2. The van der Waals surface area contributed by atoms with Crippen molar-refractivity contribution in [1.82, 2.24) is 4.31 Å². The highest BCUT2D eigenvalue weighted by Crippen LogP contribution is 2.23. The van der Waals surface area contributed by atoms with E-state index in [4.69, 9.17) is 11.6 Å². The smallest absolute Gasteiger partial charge is 0.322 e. The Balaban J connectivity index is 2.37. The maximum atomic E-state index is 12.7. The van der Waals surface area contributed by atoms with Crippen LogP contribution in [-0.2, 0) is 21.2 Å². The summed E-state index contributed by atoms with van der Waals surface area (Å²) in [6.07, 6.45) is 0.0320. The Morgan fingerprint density at radius 3 is 2.38 bits per heavy atom. The van der Waals surface area contributed by atoms with Crippen molar-refractivity contribution in [2.75, 3.05) is 7.05 Å². The normalized spacial score (nSPS) is 13.0. The number of likely N-dealkylation sites (N-methyl/N-ethyl adjacent to an activating group) is 1. The van der Waals surface area contributed by atoms with E-state index >= 15 is 0 Å². The second-order valence-corrected chi connectivity index (χ2v) is 7.82. The number of sulfonamides is 1. The van der Waals surface area contributed by atoms with Gasteiger partial charge in [0.1, 0.15) is 6.04 Å². The third kappa shape index (κ3) is 3.77. The van der Waals surface area contributed by atoms with Crippen LogP contribution in [-0.4, -0.2) is 36.9 Å². The molecule has 0 saturated carbocycles. The Morgan fingerprint density at radius 1 is 1.17 bits per heavy atom. The van der Waals surface area contributed by atoms with Crippen LogP contribution in [0.15, 0.2) is 53.4 Å². The molecule has 2 aromatic rings. The van der Waals surface area contributed by atoms with Crippen LogP contribution in [0.5, 0.6) is 0 Å². The van der Waals surface area contributed by atoms with E-state index in [1.807, 2.05) is 0 Å². The lowest BCUT2D eigenvalue weighted by Gasteiger charge is -2.25. The first-order valence-corrected chi connectivity index (χ1v) is 9.07. The first-order valence-electron chi connectivity index (χ1n) is 7.25. The molecule has 128 valence electrons. The summed E-state index contributed by atoms with van der Waals surface area (Å²) in [4.78, 5) is 11.7. The lowest BCUT2D eigenvalue weighted by atomic mass is 10.0. The van der Waals surface area contributed by atoms with Gasteiger partial charge in [-0.2, -0.15) is 4.31 Å². The van der Waals surface area contributed by atoms with E-state index in [2.05, 4.69) is 0 Å². The van der Waals surface area contributed by atoms with Gasteiger partial charge in [0.2, 0.25) is 10.0 Å². The van der Waals surface area contributed by atoms with Crippen LogP contribution in [0.25, 0.3) is 0 Å². The summed E-state index contributed by atoms with van der Waals surface area (Å²) in [7, 11) is -2.63. The van der Waals surface area contributed by atoms with Gasteiger partial charge in [0, 0.05) is 18.5 Å². The molecule has 5 nitrogen and oxygen atoms in total. The molecule has 7 heteroatoms. The van der Waals surface area contributed by atoms with Crippen LogP contribution in [0.2, 0.25) is 5.02 Å². The molecule has 0 aliphatic carbocycles. The molecule has 0 saturated heterocycles. The molecule has 2 rings (SSSR count). The topological polar surface area (TPSA) is 74.7 Å². The molecule has 0 aliphatic rings. The number of halogens is 1. The monoisotopic (exact) mass is 367 g/mol. The summed E-state index contributed by atoms with van der Waals surface area (Å²) in [6, 6.07) is 11.7. The van der Waals surface area contributed by atoms with E-state index in [9.17, 15) is 18.3 Å². The average molecular weight is 368 g/mol. The molecule has 0 unspecified atom stereocenters. The minimum absolute atomic E-state index is 0.0320. The van der Waals surface area contributed by atoms with E-state index in [0.717, 1.165) is 9.87 Å². The Kier molecular flexibility index (Phi) is 5.64. The van der Waals surface area contributed by atoms with Crippen LogP contribution in [0.3, 0.4) is 0 Å². The summed E-state index contributed by atoms with van der Waals surface area (Å²) in [6.45, 7) is 1.78. The van der Waals surface area contributed by atoms with Gasteiger partial charge in [0.15, 0.2) is 0 Å². The second-order valence-electron chi connectivity index (χ2n) is 5.42. The minimum Gasteiger partial charge on any atom is -0.480 e. The molecule has 1 N–H and O–H groups in total. The maximum absolute atomic E-state index is 12.7. The molecular weight excluding hydrogens is 350 g/mol. The third-order valence-electron chi connectivity index (χ3n) is 3.94. The number of hydrogen-bond acceptors (Lipinski definition) is 3. The van der Waals surface area contributed by atoms with E-state index in [0.29, 0.717) is 10.6 Å². The summed E-state index contributed by atoms with van der Waals surface area (Å²) in [5.41, 5.74) is 1.45. The summed E-state index contributed by atoms with van der Waals surface area (Å²) >= 11 is 6.06. The second kappa shape index (κ2) is 7.34. The Morgan fingerprint density at radius 2 is 1.79 bits per heavy atom. The summed E-state index contributed by atoms with van der Waals surface area (Å²) < 4.78 is 26.2. The molecule has 0 aliphatic heterocycles. The third-order valence-corrected chi connectivity index (χ3v) is 6.23. The van der Waals surface area contributed by atoms with Crippen molar-refractivity contribution in [2.45, 2.75) is 24.3 Å². The molecule has 0 fully saturated rings. The maximum Gasteiger partial charge on any atom is 0.322 e. The highest BCUT2D eigenvalue weighted by atomic mass is 35.5. The summed E-state index contributed by atoms with van der Waals surface area (Å²) in [5.74, 6) is -1.21. The predicted octanol–water partition coefficient (Wildman–Crippen LogP) is 2.96. The first-order chi connectivity index (χ1) is 11.2. The van der Waals surface area contributed by atoms with Crippen LogP contribution in [0, 0.1) is 6.92 Å². The van der Waals surface area contributed by atoms with Crippen molar-refractivity contribution in [2.24, 2.45) is 0 Å². The zero-order chi connectivity index (χ0) is 17.9. The van der Waals surface area contributed by atoms with Gasteiger partial charge in [0.25, 0.3) is 0 Å². The van der Waals surface area contributed by atoms with E-state index in [1.165, 1.54) is 19.2 Å². The molecule has 2 aromatic carbocycles. The van der Waals surface area contributed by atoms with Crippen molar-refractivity contribution in [1.29, 1.82) is 0 Å². The van der Waals surface area contributed by atoms with Crippen molar-refractivity contribution in [3.05, 3.63) is 64.7 Å². The first kappa shape index (κ1) is 18.4. The fourth-order valence-electron chi connectivity index (χ4n) is 2.38. The highest BCUT2D eigenvalue weighted by molar-refractivity contribution is 7.89. The quantitative estimate of drug-likeness (QED) is 0.851. The number of carboxylic acid groups (broad SMARTS) is 1. The van der Waals surface area contributed by atoms with Crippen molar-refractivity contribution < 1.29 is 18.3 Å². The van der Waals surface area contributed by atoms with Gasteiger partial charge >= 0.3 is 5.97 Å². The SMILES string of the molecule is Cc1c(Cl)cccc1C[C@@H](C(=O)O)N(C)S(=O)(=O)c1ccccc1. The minimum atomic E-state index is -3.91. The van der Waals surface area contributed by atoms with E-state index in [-0.39, 0.29) is 11.3 Å². The Bertz CT molecular complexity index is 837. The van der Waals surface area contributed by atoms with Gasteiger partial charge in [-0.1, -0.05) is 41.9 Å². The highest BCUT2D eigenvalue weighted by Gasteiger charge is 2.33. The van der Waals surface area contributed by atoms with Gasteiger partial charge in [-0.15, -0.1) is 0 Å². The number of nitrogens with zero attached hydrogens (tertiary/aromatic N) is 1. The van der Waals surface area contributed by atoms with Gasteiger partial charge in [-0.25, -0.2) is 8.42 Å². The van der Waals surface area contributed by atoms with E-state index in [1.54, 1.807) is 43.3 Å². The van der Waals surface area contributed by atoms with Crippen molar-refractivity contribution >= 4 is 27.6 Å². The number of hydrogen-bond donors (Lipinski definition) is 1. The fraction of sp³-hybridized carbons (Fsp3) is 0.235. The lowest BCUT2D eigenvalue weighted by Crippen LogP contribution is -2.43. The van der Waals surface area contributed by atoms with Gasteiger partial charge < -0.3 is 5.11 Å². The average Bonchev–Trinajstić information content (AvgIpc) is 2.56. The molecule has 0 amide bonds. The Labute approximate surface area is 146 Å². The van der Waals surface area contributed by atoms with Gasteiger partial charge in [0.05, 0.1) is 4.90 Å². The van der Waals surface area contributed by atoms with Crippen LogP contribution in [0.1, 0.15) is 11.1 Å². The van der Waals surface area contributed by atoms with Crippen molar-refractivity contribution in [3.63, 3.8) is 0 Å². The zero-order valence-electron chi connectivity index (χ0n) is 13.3. The largest absolute Gasteiger partial charge is 0.480 e.